The molecule has 0 bridgehead atoms. The molecule has 4 heteroatoms. The van der Waals surface area contributed by atoms with Crippen LogP contribution in [0.25, 0.3) is 0 Å². The maximum Gasteiger partial charge on any atom is 0.337 e. The number of phenolic OH excluding ortho intramolecular Hbond substituents is 1. The minimum absolute atomic E-state index is 0.220. The van der Waals surface area contributed by atoms with E-state index in [2.05, 4.69) is 18.8 Å². The second-order valence-electron chi connectivity index (χ2n) is 4.30. The lowest BCUT2D eigenvalue weighted by Crippen LogP contribution is -1.94. The Morgan fingerprint density at radius 2 is 1.95 bits per heavy atom. The molecule has 2 N–H and O–H groups in total. The number of nitrogens with zero attached hydrogens (tertiary/aromatic N) is 1. The molecule has 1 heterocycles. The van der Waals surface area contributed by atoms with Gasteiger partial charge in [-0.1, -0.05) is 26.0 Å². The molecule has 100 valence electrons. The number of aromatic nitrogens is 1. The predicted molar refractivity (Wildman–Crippen MR) is 73.4 cm³/mol. The molecular formula is C15H17NO3. The Morgan fingerprint density at radius 1 is 1.21 bits per heavy atom. The highest BCUT2D eigenvalue weighted by Crippen LogP contribution is 2.18. The summed E-state index contributed by atoms with van der Waals surface area (Å²) in [5.74, 6) is -0.0959. The number of aromatic hydroxyl groups is 1. The minimum atomic E-state index is -0.942. The molecule has 1 aromatic carbocycles. The molecule has 0 aliphatic heterocycles. The van der Waals surface area contributed by atoms with E-state index in [1.54, 1.807) is 18.2 Å². The fourth-order valence-electron chi connectivity index (χ4n) is 1.37. The van der Waals surface area contributed by atoms with Crippen molar-refractivity contribution in [3.63, 3.8) is 0 Å². The first-order chi connectivity index (χ1) is 9.00. The lowest BCUT2D eigenvalue weighted by atomic mass is 10.0. The van der Waals surface area contributed by atoms with Gasteiger partial charge in [-0.3, -0.25) is 4.98 Å². The van der Waals surface area contributed by atoms with Crippen molar-refractivity contribution >= 4 is 5.97 Å². The maximum absolute atomic E-state index is 10.2. The molecule has 1 aromatic heterocycles. The van der Waals surface area contributed by atoms with Crippen LogP contribution in [0.5, 0.6) is 5.75 Å². The van der Waals surface area contributed by atoms with Gasteiger partial charge in [0.2, 0.25) is 0 Å². The van der Waals surface area contributed by atoms with Gasteiger partial charge in [0.25, 0.3) is 0 Å². The topological polar surface area (TPSA) is 70.4 Å². The second kappa shape index (κ2) is 7.16. The molecule has 4 nitrogen and oxygen atoms in total. The highest BCUT2D eigenvalue weighted by Gasteiger charge is 1.98. The third kappa shape index (κ3) is 5.21. The van der Waals surface area contributed by atoms with Crippen LogP contribution in [0, 0.1) is 0 Å². The standard InChI is InChI=1S/C9H12O.C6H5NO2/c1-7(2)8-4-3-5-9(10)6-8;8-6(9)5-2-1-3-7-4-5/h3-7,10H,1-2H3;1-4H,(H,8,9). The van der Waals surface area contributed by atoms with Crippen LogP contribution < -0.4 is 0 Å². The van der Waals surface area contributed by atoms with Crippen LogP contribution in [0.2, 0.25) is 0 Å². The summed E-state index contributed by atoms with van der Waals surface area (Å²) in [6.45, 7) is 4.21. The SMILES string of the molecule is CC(C)c1cccc(O)c1.O=C(O)c1cccnc1. The number of benzene rings is 1. The molecule has 2 aromatic rings. The Balaban J connectivity index is 0.000000191. The molecule has 0 amide bonds. The molecule has 0 aliphatic carbocycles. The van der Waals surface area contributed by atoms with Crippen molar-refractivity contribution in [2.75, 3.05) is 0 Å². The molecule has 0 atom stereocenters. The summed E-state index contributed by atoms with van der Waals surface area (Å²) in [6, 6.07) is 10.4. The smallest absolute Gasteiger partial charge is 0.337 e. The summed E-state index contributed by atoms with van der Waals surface area (Å²) in [4.78, 5) is 13.8. The van der Waals surface area contributed by atoms with Gasteiger partial charge in [-0.2, -0.15) is 0 Å². The van der Waals surface area contributed by atoms with Crippen LogP contribution in [0.4, 0.5) is 0 Å². The number of aromatic carboxylic acids is 1. The summed E-state index contributed by atoms with van der Waals surface area (Å²) < 4.78 is 0. The van der Waals surface area contributed by atoms with E-state index in [1.807, 2.05) is 12.1 Å². The summed E-state index contributed by atoms with van der Waals surface area (Å²) in [5, 5.41) is 17.4. The van der Waals surface area contributed by atoms with Crippen molar-refractivity contribution in [1.82, 2.24) is 4.98 Å². The second-order valence-corrected chi connectivity index (χ2v) is 4.30. The Labute approximate surface area is 112 Å². The largest absolute Gasteiger partial charge is 0.508 e. The number of pyridine rings is 1. The summed E-state index contributed by atoms with van der Waals surface area (Å²) in [6.07, 6.45) is 2.84. The molecule has 0 saturated heterocycles. The molecule has 19 heavy (non-hydrogen) atoms. The van der Waals surface area contributed by atoms with E-state index in [0.717, 1.165) is 0 Å². The third-order valence-electron chi connectivity index (χ3n) is 2.45. The quantitative estimate of drug-likeness (QED) is 0.868. The Hall–Kier alpha value is -2.36. The van der Waals surface area contributed by atoms with E-state index >= 15 is 0 Å². The van der Waals surface area contributed by atoms with Crippen LogP contribution in [0.1, 0.15) is 35.7 Å². The van der Waals surface area contributed by atoms with Gasteiger partial charge in [0.05, 0.1) is 5.56 Å². The lowest BCUT2D eigenvalue weighted by molar-refractivity contribution is 0.0696. The molecule has 0 spiro atoms. The van der Waals surface area contributed by atoms with Gasteiger partial charge in [-0.15, -0.1) is 0 Å². The first-order valence-corrected chi connectivity index (χ1v) is 5.93. The molecule has 2 rings (SSSR count). The minimum Gasteiger partial charge on any atom is -0.508 e. The number of hydrogen-bond donors (Lipinski definition) is 2. The number of carboxylic acids is 1. The predicted octanol–water partition coefficient (Wildman–Crippen LogP) is 3.30. The Kier molecular flexibility index (Phi) is 5.54. The monoisotopic (exact) mass is 259 g/mol. The van der Waals surface area contributed by atoms with Gasteiger partial charge in [0.15, 0.2) is 0 Å². The first kappa shape index (κ1) is 14.7. The van der Waals surface area contributed by atoms with Crippen LogP contribution in [0.15, 0.2) is 48.8 Å². The number of carbonyl (C=O) groups is 1. The van der Waals surface area contributed by atoms with Crippen LogP contribution in [0.3, 0.4) is 0 Å². The Morgan fingerprint density at radius 3 is 2.32 bits per heavy atom. The zero-order valence-corrected chi connectivity index (χ0v) is 10.9. The molecule has 0 saturated carbocycles. The van der Waals surface area contributed by atoms with Crippen molar-refractivity contribution in [2.24, 2.45) is 0 Å². The highest BCUT2D eigenvalue weighted by molar-refractivity contribution is 5.86. The van der Waals surface area contributed by atoms with Crippen molar-refractivity contribution < 1.29 is 15.0 Å². The maximum atomic E-state index is 10.2. The highest BCUT2D eigenvalue weighted by atomic mass is 16.4. The number of rotatable bonds is 2. The van der Waals surface area contributed by atoms with E-state index in [-0.39, 0.29) is 5.56 Å². The van der Waals surface area contributed by atoms with Gasteiger partial charge >= 0.3 is 5.97 Å². The summed E-state index contributed by atoms with van der Waals surface area (Å²) >= 11 is 0. The normalized spacial score (nSPS) is 9.63. The van der Waals surface area contributed by atoms with E-state index in [0.29, 0.717) is 11.7 Å². The molecule has 0 fully saturated rings. The number of hydrogen-bond acceptors (Lipinski definition) is 3. The van der Waals surface area contributed by atoms with E-state index in [4.69, 9.17) is 10.2 Å². The molecule has 0 radical (unpaired) electrons. The molecular weight excluding hydrogens is 242 g/mol. The zero-order valence-electron chi connectivity index (χ0n) is 10.9. The van der Waals surface area contributed by atoms with Crippen molar-refractivity contribution in [2.45, 2.75) is 19.8 Å². The molecule has 0 unspecified atom stereocenters. The van der Waals surface area contributed by atoms with Gasteiger partial charge in [-0.25, -0.2) is 4.79 Å². The number of carboxylic acid groups (broad SMARTS) is 1. The van der Waals surface area contributed by atoms with E-state index in [1.165, 1.54) is 24.0 Å². The number of phenols is 1. The third-order valence-corrected chi connectivity index (χ3v) is 2.45. The fourth-order valence-corrected chi connectivity index (χ4v) is 1.37. The van der Waals surface area contributed by atoms with Gasteiger partial charge in [0, 0.05) is 12.4 Å². The van der Waals surface area contributed by atoms with E-state index < -0.39 is 5.97 Å². The summed E-state index contributed by atoms with van der Waals surface area (Å²) in [5.41, 5.74) is 1.40. The van der Waals surface area contributed by atoms with Gasteiger partial charge < -0.3 is 10.2 Å². The van der Waals surface area contributed by atoms with Gasteiger partial charge in [0.1, 0.15) is 5.75 Å². The fraction of sp³-hybridized carbons (Fsp3) is 0.200. The van der Waals surface area contributed by atoms with E-state index in [9.17, 15) is 4.79 Å². The average Bonchev–Trinajstić information content (AvgIpc) is 2.40. The first-order valence-electron chi connectivity index (χ1n) is 5.93. The molecule has 0 aliphatic rings. The van der Waals surface area contributed by atoms with Crippen LogP contribution in [-0.2, 0) is 0 Å². The Bertz CT molecular complexity index is 524. The van der Waals surface area contributed by atoms with Gasteiger partial charge in [-0.05, 0) is 35.7 Å². The summed E-state index contributed by atoms with van der Waals surface area (Å²) in [7, 11) is 0. The average molecular weight is 259 g/mol. The van der Waals surface area contributed by atoms with Crippen molar-refractivity contribution in [1.29, 1.82) is 0 Å². The van der Waals surface area contributed by atoms with Crippen molar-refractivity contribution in [3.05, 3.63) is 59.9 Å². The zero-order chi connectivity index (χ0) is 14.3. The lowest BCUT2D eigenvalue weighted by Gasteiger charge is -2.03. The van der Waals surface area contributed by atoms with Crippen LogP contribution in [-0.4, -0.2) is 21.2 Å². The van der Waals surface area contributed by atoms with Crippen LogP contribution >= 0.6 is 0 Å². The van der Waals surface area contributed by atoms with Crippen molar-refractivity contribution in [3.8, 4) is 5.75 Å².